The molecule has 0 amide bonds. The van der Waals surface area contributed by atoms with Crippen molar-refractivity contribution in [2.45, 2.75) is 71.6 Å². The standard InChI is InChI=1S/C22H31NO/c1-4-21(3)12-11-20-19-8-6-15-14-16(23-24)7-9-17(15)18(19)10-13-22(20,21)5-2/h1,14,17-20,24H,5-13H2,2-3H3/b23-16-/t17-,18+,19+,20-,21+,22-/m0/s1. The van der Waals surface area contributed by atoms with Crippen molar-refractivity contribution in [2.24, 2.45) is 39.7 Å². The van der Waals surface area contributed by atoms with E-state index in [0.29, 0.717) is 5.41 Å². The molecule has 1 N–H and O–H groups in total. The summed E-state index contributed by atoms with van der Waals surface area (Å²) in [6, 6.07) is 0. The lowest BCUT2D eigenvalue weighted by atomic mass is 9.48. The van der Waals surface area contributed by atoms with Crippen molar-refractivity contribution < 1.29 is 5.21 Å². The maximum atomic E-state index is 9.11. The quantitative estimate of drug-likeness (QED) is 0.390. The summed E-state index contributed by atoms with van der Waals surface area (Å²) in [6.45, 7) is 4.75. The molecule has 0 radical (unpaired) electrons. The fraction of sp³-hybridized carbons (Fsp3) is 0.773. The SMILES string of the molecule is C#C[C@]1(C)CC[C@H]2[C@@H]3CCC4=C/C(=N\O)CC[C@@H]4[C@H]3CC[C@@]21CC. The van der Waals surface area contributed by atoms with Crippen LogP contribution in [0.3, 0.4) is 0 Å². The third kappa shape index (κ3) is 2.00. The molecule has 4 aliphatic carbocycles. The smallest absolute Gasteiger partial charge is 0.0795 e. The Morgan fingerprint density at radius 1 is 1.21 bits per heavy atom. The normalized spacial score (nSPS) is 48.9. The van der Waals surface area contributed by atoms with Crippen LogP contribution in [0.25, 0.3) is 0 Å². The molecule has 0 aliphatic heterocycles. The fourth-order valence-electron chi connectivity index (χ4n) is 7.40. The van der Waals surface area contributed by atoms with Crippen molar-refractivity contribution in [1.29, 1.82) is 0 Å². The van der Waals surface area contributed by atoms with Crippen molar-refractivity contribution >= 4 is 5.71 Å². The van der Waals surface area contributed by atoms with E-state index in [4.69, 9.17) is 11.6 Å². The van der Waals surface area contributed by atoms with E-state index < -0.39 is 0 Å². The van der Waals surface area contributed by atoms with Gasteiger partial charge in [-0.25, -0.2) is 0 Å². The number of nitrogens with zero attached hydrogens (tertiary/aromatic N) is 1. The molecule has 0 heterocycles. The number of hydrogen-bond acceptors (Lipinski definition) is 2. The van der Waals surface area contributed by atoms with E-state index in [1.165, 1.54) is 51.4 Å². The maximum Gasteiger partial charge on any atom is 0.0795 e. The van der Waals surface area contributed by atoms with Gasteiger partial charge in [0.2, 0.25) is 0 Å². The average molecular weight is 325 g/mol. The molecule has 0 saturated heterocycles. The van der Waals surface area contributed by atoms with E-state index in [2.05, 4.69) is 31.0 Å². The van der Waals surface area contributed by atoms with Crippen molar-refractivity contribution in [3.63, 3.8) is 0 Å². The number of fused-ring (bicyclic) bond motifs is 5. The second-order valence-corrected chi connectivity index (χ2v) is 8.99. The Kier molecular flexibility index (Phi) is 3.83. The molecule has 24 heavy (non-hydrogen) atoms. The highest BCUT2D eigenvalue weighted by molar-refractivity contribution is 5.96. The van der Waals surface area contributed by atoms with Crippen molar-refractivity contribution in [2.75, 3.05) is 0 Å². The van der Waals surface area contributed by atoms with E-state index >= 15 is 0 Å². The largest absolute Gasteiger partial charge is 0.411 e. The third-order valence-electron chi connectivity index (χ3n) is 8.66. The van der Waals surface area contributed by atoms with Crippen molar-refractivity contribution in [1.82, 2.24) is 0 Å². The van der Waals surface area contributed by atoms with Crippen LogP contribution in [0.5, 0.6) is 0 Å². The fourth-order valence-corrected chi connectivity index (χ4v) is 7.40. The van der Waals surface area contributed by atoms with Crippen LogP contribution < -0.4 is 0 Å². The van der Waals surface area contributed by atoms with E-state index in [1.54, 1.807) is 5.57 Å². The van der Waals surface area contributed by atoms with Gasteiger partial charge < -0.3 is 5.21 Å². The van der Waals surface area contributed by atoms with Gasteiger partial charge >= 0.3 is 0 Å². The molecule has 2 heteroatoms. The topological polar surface area (TPSA) is 32.6 Å². The molecule has 4 aliphatic rings. The average Bonchev–Trinajstić information content (AvgIpc) is 2.94. The summed E-state index contributed by atoms with van der Waals surface area (Å²) in [6.07, 6.45) is 19.4. The zero-order valence-electron chi connectivity index (χ0n) is 15.2. The summed E-state index contributed by atoms with van der Waals surface area (Å²) in [5.41, 5.74) is 2.95. The van der Waals surface area contributed by atoms with Crippen molar-refractivity contribution in [3.05, 3.63) is 11.6 Å². The molecule has 130 valence electrons. The van der Waals surface area contributed by atoms with Gasteiger partial charge in [-0.3, -0.25) is 0 Å². The summed E-state index contributed by atoms with van der Waals surface area (Å²) in [5.74, 6) is 6.52. The Bertz CT molecular complexity index is 626. The highest BCUT2D eigenvalue weighted by Crippen LogP contribution is 2.68. The predicted octanol–water partition coefficient (Wildman–Crippen LogP) is 5.42. The van der Waals surface area contributed by atoms with Gasteiger partial charge in [-0.1, -0.05) is 23.6 Å². The molecular weight excluding hydrogens is 294 g/mol. The third-order valence-corrected chi connectivity index (χ3v) is 8.66. The second-order valence-electron chi connectivity index (χ2n) is 8.99. The highest BCUT2D eigenvalue weighted by Gasteiger charge is 2.61. The molecule has 0 aromatic heterocycles. The Hall–Kier alpha value is -1.23. The van der Waals surface area contributed by atoms with Crippen LogP contribution in [0, 0.1) is 46.8 Å². The first-order valence-corrected chi connectivity index (χ1v) is 9.97. The summed E-state index contributed by atoms with van der Waals surface area (Å²) < 4.78 is 0. The molecule has 0 unspecified atom stereocenters. The summed E-state index contributed by atoms with van der Waals surface area (Å²) in [5, 5.41) is 12.6. The minimum Gasteiger partial charge on any atom is -0.411 e. The van der Waals surface area contributed by atoms with Crippen LogP contribution in [0.2, 0.25) is 0 Å². The first-order chi connectivity index (χ1) is 11.6. The number of hydrogen-bond donors (Lipinski definition) is 1. The van der Waals surface area contributed by atoms with Crippen LogP contribution in [0.4, 0.5) is 0 Å². The van der Waals surface area contributed by atoms with E-state index in [-0.39, 0.29) is 5.41 Å². The monoisotopic (exact) mass is 325 g/mol. The lowest BCUT2D eigenvalue weighted by Gasteiger charge is -2.56. The van der Waals surface area contributed by atoms with Crippen LogP contribution >= 0.6 is 0 Å². The van der Waals surface area contributed by atoms with E-state index in [9.17, 15) is 0 Å². The van der Waals surface area contributed by atoms with Crippen molar-refractivity contribution in [3.8, 4) is 12.3 Å². The van der Waals surface area contributed by atoms with Gasteiger partial charge in [0.15, 0.2) is 0 Å². The molecular formula is C22H31NO. The van der Waals surface area contributed by atoms with Gasteiger partial charge in [0.1, 0.15) is 0 Å². The van der Waals surface area contributed by atoms with Crippen LogP contribution in [-0.2, 0) is 0 Å². The molecule has 6 atom stereocenters. The van der Waals surface area contributed by atoms with Crippen LogP contribution in [0.15, 0.2) is 16.8 Å². The first-order valence-electron chi connectivity index (χ1n) is 9.97. The summed E-state index contributed by atoms with van der Waals surface area (Å²) in [4.78, 5) is 0. The molecule has 0 aromatic carbocycles. The van der Waals surface area contributed by atoms with Gasteiger partial charge in [-0.2, -0.15) is 0 Å². The van der Waals surface area contributed by atoms with Gasteiger partial charge in [0.05, 0.1) is 5.71 Å². The molecule has 3 fully saturated rings. The number of rotatable bonds is 1. The van der Waals surface area contributed by atoms with Gasteiger partial charge in [-0.05, 0) is 99.9 Å². The lowest BCUT2D eigenvalue weighted by molar-refractivity contribution is -0.0490. The minimum atomic E-state index is 0.108. The second kappa shape index (κ2) is 5.65. The molecule has 0 aromatic rings. The minimum absolute atomic E-state index is 0.108. The Labute approximate surface area is 146 Å². The molecule has 4 rings (SSSR count). The van der Waals surface area contributed by atoms with Gasteiger partial charge in [0.25, 0.3) is 0 Å². The van der Waals surface area contributed by atoms with E-state index in [0.717, 1.165) is 35.8 Å². The van der Waals surface area contributed by atoms with Gasteiger partial charge in [-0.15, -0.1) is 6.42 Å². The predicted molar refractivity (Wildman–Crippen MR) is 97.9 cm³/mol. The zero-order chi connectivity index (χ0) is 16.9. The Morgan fingerprint density at radius 3 is 2.75 bits per heavy atom. The Balaban J connectivity index is 1.65. The number of allylic oxidation sites excluding steroid dienone is 2. The van der Waals surface area contributed by atoms with Crippen LogP contribution in [0.1, 0.15) is 71.6 Å². The molecule has 3 saturated carbocycles. The molecule has 0 spiro atoms. The maximum absolute atomic E-state index is 9.11. The van der Waals surface area contributed by atoms with Gasteiger partial charge in [0, 0.05) is 5.41 Å². The highest BCUT2D eigenvalue weighted by atomic mass is 16.4. The Morgan fingerprint density at radius 2 is 2.04 bits per heavy atom. The number of terminal acetylenes is 1. The van der Waals surface area contributed by atoms with E-state index in [1.807, 2.05) is 0 Å². The summed E-state index contributed by atoms with van der Waals surface area (Å²) in [7, 11) is 0. The first kappa shape index (κ1) is 16.2. The molecule has 0 bridgehead atoms. The zero-order valence-corrected chi connectivity index (χ0v) is 15.2. The lowest BCUT2D eigenvalue weighted by Crippen LogP contribution is -2.49. The summed E-state index contributed by atoms with van der Waals surface area (Å²) >= 11 is 0. The number of oxime groups is 1. The molecule has 2 nitrogen and oxygen atoms in total. The van der Waals surface area contributed by atoms with Crippen LogP contribution in [-0.4, -0.2) is 10.9 Å².